The smallest absolute Gasteiger partial charge is 0.372 e. The molecular weight excluding hydrogens is 388 g/mol. The Morgan fingerprint density at radius 3 is 1.83 bits per heavy atom. The average Bonchev–Trinajstić information content (AvgIpc) is 3.33. The Bertz CT molecular complexity index is 1210. The van der Waals surface area contributed by atoms with Crippen LogP contribution in [0.15, 0.2) is 60.9 Å². The molecule has 0 radical (unpaired) electrons. The first kappa shape index (κ1) is 20.8. The number of aromatic amines is 2. The van der Waals surface area contributed by atoms with E-state index in [1.807, 2.05) is 48.5 Å². The van der Waals surface area contributed by atoms with Gasteiger partial charge in [0.2, 0.25) is 5.78 Å². The number of Topliss-reactive ketones (excluding diaryl/α,β-unsaturated/α-hetero) is 1. The normalized spacial score (nSPS) is 11.6. The van der Waals surface area contributed by atoms with E-state index in [0.29, 0.717) is 0 Å². The molecule has 2 aromatic carbocycles. The highest BCUT2D eigenvalue weighted by Gasteiger charge is 2.16. The van der Waals surface area contributed by atoms with Gasteiger partial charge in [-0.3, -0.25) is 4.79 Å². The van der Waals surface area contributed by atoms with Crippen LogP contribution in [0.25, 0.3) is 21.8 Å². The standard InChI is InChI=1S/C11H11NO3.C11H9NO3/c2*13-10(11(14)15)5-7-6-12-9-4-2-1-3-8(7)9/h1-4,6,10,12-13H,5H2,(H,14,15);1-4,6,12H,5H2,(H,14,15). The second-order valence-corrected chi connectivity index (χ2v) is 6.68. The maximum absolute atomic E-state index is 11.0. The number of ketones is 1. The number of carboxylic acid groups (broad SMARTS) is 2. The Morgan fingerprint density at radius 2 is 1.30 bits per heavy atom. The van der Waals surface area contributed by atoms with Crippen LogP contribution in [0.3, 0.4) is 0 Å². The van der Waals surface area contributed by atoms with Crippen LogP contribution in [0.5, 0.6) is 0 Å². The number of carbonyl (C=O) groups excluding carboxylic acids is 1. The number of aromatic nitrogens is 2. The third-order valence-corrected chi connectivity index (χ3v) is 4.64. The fourth-order valence-electron chi connectivity index (χ4n) is 3.12. The van der Waals surface area contributed by atoms with Gasteiger partial charge in [0.25, 0.3) is 0 Å². The molecule has 0 saturated heterocycles. The van der Waals surface area contributed by atoms with Crippen LogP contribution in [0, 0.1) is 0 Å². The molecule has 1 unspecified atom stereocenters. The molecule has 0 bridgehead atoms. The maximum atomic E-state index is 11.0. The molecule has 0 aliphatic carbocycles. The van der Waals surface area contributed by atoms with Crippen molar-refractivity contribution in [2.45, 2.75) is 18.9 Å². The van der Waals surface area contributed by atoms with Gasteiger partial charge in [-0.25, -0.2) is 9.59 Å². The Balaban J connectivity index is 0.000000171. The quantitative estimate of drug-likeness (QED) is 0.310. The topological polar surface area (TPSA) is 143 Å². The number of para-hydroxylation sites is 2. The lowest BCUT2D eigenvalue weighted by atomic mass is 10.1. The van der Waals surface area contributed by atoms with E-state index in [1.54, 1.807) is 12.4 Å². The monoisotopic (exact) mass is 408 g/mol. The number of H-pyrrole nitrogens is 2. The van der Waals surface area contributed by atoms with E-state index < -0.39 is 23.8 Å². The highest BCUT2D eigenvalue weighted by molar-refractivity contribution is 6.33. The van der Waals surface area contributed by atoms with Gasteiger partial charge >= 0.3 is 11.9 Å². The van der Waals surface area contributed by atoms with Crippen molar-refractivity contribution in [2.24, 2.45) is 0 Å². The van der Waals surface area contributed by atoms with Crippen LogP contribution in [0.1, 0.15) is 11.1 Å². The summed E-state index contributed by atoms with van der Waals surface area (Å²) in [5.41, 5.74) is 3.40. The zero-order valence-electron chi connectivity index (χ0n) is 15.8. The second-order valence-electron chi connectivity index (χ2n) is 6.68. The first-order chi connectivity index (χ1) is 14.4. The average molecular weight is 408 g/mol. The highest BCUT2D eigenvalue weighted by Crippen LogP contribution is 2.19. The Labute approximate surface area is 170 Å². The number of carbonyl (C=O) groups is 3. The summed E-state index contributed by atoms with van der Waals surface area (Å²) in [6.07, 6.45) is 2.12. The molecule has 0 fully saturated rings. The Hall–Kier alpha value is -3.91. The maximum Gasteiger partial charge on any atom is 0.372 e. The molecule has 2 aromatic heterocycles. The number of fused-ring (bicyclic) bond motifs is 2. The first-order valence-electron chi connectivity index (χ1n) is 9.13. The summed E-state index contributed by atoms with van der Waals surface area (Å²) in [5.74, 6) is -3.37. The first-order valence-corrected chi connectivity index (χ1v) is 9.13. The molecular formula is C22H20N2O6. The molecule has 4 aromatic rings. The van der Waals surface area contributed by atoms with Crippen molar-refractivity contribution >= 4 is 39.5 Å². The van der Waals surface area contributed by atoms with E-state index in [1.165, 1.54) is 0 Å². The van der Waals surface area contributed by atoms with Crippen molar-refractivity contribution in [3.05, 3.63) is 72.1 Å². The molecule has 30 heavy (non-hydrogen) atoms. The molecule has 0 aliphatic rings. The Morgan fingerprint density at radius 1 is 0.800 bits per heavy atom. The van der Waals surface area contributed by atoms with E-state index in [-0.39, 0.29) is 12.8 Å². The van der Waals surface area contributed by atoms with E-state index in [0.717, 1.165) is 32.9 Å². The molecule has 8 heteroatoms. The summed E-state index contributed by atoms with van der Waals surface area (Å²) in [7, 11) is 0. The summed E-state index contributed by atoms with van der Waals surface area (Å²) in [6, 6.07) is 15.1. The van der Waals surface area contributed by atoms with E-state index in [9.17, 15) is 19.5 Å². The number of rotatable bonds is 6. The van der Waals surface area contributed by atoms with Crippen molar-refractivity contribution in [3.8, 4) is 0 Å². The minimum Gasteiger partial charge on any atom is -0.479 e. The lowest BCUT2D eigenvalue weighted by Gasteiger charge is -2.03. The summed E-state index contributed by atoms with van der Waals surface area (Å²) in [5, 5.41) is 28.2. The van der Waals surface area contributed by atoms with Crippen molar-refractivity contribution in [1.29, 1.82) is 0 Å². The molecule has 0 saturated carbocycles. The van der Waals surface area contributed by atoms with Gasteiger partial charge in [-0.15, -0.1) is 0 Å². The van der Waals surface area contributed by atoms with Gasteiger partial charge in [-0.2, -0.15) is 0 Å². The number of aliphatic hydroxyl groups excluding tert-OH is 1. The number of aliphatic carboxylic acids is 2. The van der Waals surface area contributed by atoms with Crippen molar-refractivity contribution in [3.63, 3.8) is 0 Å². The van der Waals surface area contributed by atoms with Crippen LogP contribution >= 0.6 is 0 Å². The lowest BCUT2D eigenvalue weighted by Crippen LogP contribution is -2.21. The zero-order chi connectivity index (χ0) is 21.7. The second kappa shape index (κ2) is 9.06. The van der Waals surface area contributed by atoms with E-state index in [4.69, 9.17) is 10.2 Å². The minimum absolute atomic E-state index is 0.0701. The molecule has 5 N–H and O–H groups in total. The molecule has 4 rings (SSSR count). The largest absolute Gasteiger partial charge is 0.479 e. The van der Waals surface area contributed by atoms with Crippen LogP contribution in [0.2, 0.25) is 0 Å². The SMILES string of the molecule is O=C(O)C(=O)Cc1c[nH]c2ccccc12.O=C(O)C(O)Cc1c[nH]c2ccccc12. The van der Waals surface area contributed by atoms with E-state index >= 15 is 0 Å². The third-order valence-electron chi connectivity index (χ3n) is 4.64. The predicted octanol–water partition coefficient (Wildman–Crippen LogP) is 2.52. The summed E-state index contributed by atoms with van der Waals surface area (Å²) in [4.78, 5) is 38.0. The fourth-order valence-corrected chi connectivity index (χ4v) is 3.12. The van der Waals surface area contributed by atoms with Gasteiger partial charge in [0.1, 0.15) is 0 Å². The van der Waals surface area contributed by atoms with Gasteiger partial charge < -0.3 is 25.3 Å². The van der Waals surface area contributed by atoms with Crippen LogP contribution in [0.4, 0.5) is 0 Å². The molecule has 1 atom stereocenters. The molecule has 8 nitrogen and oxygen atoms in total. The number of hydrogen-bond acceptors (Lipinski definition) is 4. The number of benzene rings is 2. The number of nitrogens with one attached hydrogen (secondary N) is 2. The molecule has 0 spiro atoms. The number of carboxylic acids is 2. The summed E-state index contributed by atoms with van der Waals surface area (Å²) in [6.45, 7) is 0. The fraction of sp³-hybridized carbons (Fsp3) is 0.136. The summed E-state index contributed by atoms with van der Waals surface area (Å²) < 4.78 is 0. The van der Waals surface area contributed by atoms with E-state index in [2.05, 4.69) is 9.97 Å². The molecule has 0 amide bonds. The van der Waals surface area contributed by atoms with Crippen LogP contribution in [-0.4, -0.2) is 49.1 Å². The van der Waals surface area contributed by atoms with Crippen LogP contribution in [-0.2, 0) is 27.2 Å². The third kappa shape index (κ3) is 4.73. The number of aliphatic hydroxyl groups is 1. The highest BCUT2D eigenvalue weighted by atomic mass is 16.4. The summed E-state index contributed by atoms with van der Waals surface area (Å²) >= 11 is 0. The van der Waals surface area contributed by atoms with Gasteiger partial charge in [0, 0.05) is 47.0 Å². The molecule has 0 aliphatic heterocycles. The van der Waals surface area contributed by atoms with Crippen LogP contribution < -0.4 is 0 Å². The van der Waals surface area contributed by atoms with Crippen molar-refractivity contribution in [1.82, 2.24) is 9.97 Å². The van der Waals surface area contributed by atoms with Gasteiger partial charge in [0.05, 0.1) is 0 Å². The Kier molecular flexibility index (Phi) is 6.29. The molecule has 2 heterocycles. The predicted molar refractivity (Wildman–Crippen MR) is 110 cm³/mol. The van der Waals surface area contributed by atoms with Gasteiger partial charge in [-0.1, -0.05) is 36.4 Å². The number of hydrogen-bond donors (Lipinski definition) is 5. The van der Waals surface area contributed by atoms with Crippen molar-refractivity contribution < 1.29 is 29.7 Å². The van der Waals surface area contributed by atoms with Gasteiger partial charge in [-0.05, 0) is 23.3 Å². The van der Waals surface area contributed by atoms with Crippen molar-refractivity contribution in [2.75, 3.05) is 0 Å². The molecule has 154 valence electrons. The lowest BCUT2D eigenvalue weighted by molar-refractivity contribution is -0.148. The zero-order valence-corrected chi connectivity index (χ0v) is 15.8. The van der Waals surface area contributed by atoms with Gasteiger partial charge in [0.15, 0.2) is 6.10 Å². The minimum atomic E-state index is -1.39.